The summed E-state index contributed by atoms with van der Waals surface area (Å²) in [6, 6.07) is 2.31. The van der Waals surface area contributed by atoms with Crippen LogP contribution in [0.25, 0.3) is 0 Å². The fourth-order valence-electron chi connectivity index (χ4n) is 2.22. The fourth-order valence-corrected chi connectivity index (χ4v) is 2.71. The summed E-state index contributed by atoms with van der Waals surface area (Å²) in [5, 5.41) is 0.143. The number of rotatable bonds is 2. The Bertz CT molecular complexity index is 574. The molecule has 0 aliphatic carbocycles. The molecule has 1 aromatic carbocycles. The molecule has 0 bridgehead atoms. The van der Waals surface area contributed by atoms with E-state index in [0.29, 0.717) is 4.47 Å². The summed E-state index contributed by atoms with van der Waals surface area (Å²) in [5.41, 5.74) is -0.152. The number of carbonyl (C=O) groups excluding carboxylic acids is 1. The average molecular weight is 404 g/mol. The van der Waals surface area contributed by atoms with Gasteiger partial charge in [0.1, 0.15) is 5.82 Å². The molecule has 1 aromatic rings. The SMILES string of the molecule is O=C(c1cc(Br)c(Cl)cc1F)N1CCN(CC(F)(F)F)CC1. The number of amides is 1. The summed E-state index contributed by atoms with van der Waals surface area (Å²) < 4.78 is 51.1. The normalized spacial score (nSPS) is 16.9. The Hall–Kier alpha value is -0.860. The number of hydrogen-bond acceptors (Lipinski definition) is 2. The lowest BCUT2D eigenvalue weighted by atomic mass is 10.1. The first-order valence-electron chi connectivity index (χ1n) is 6.40. The molecule has 122 valence electrons. The Kier molecular flexibility index (Phi) is 5.34. The third kappa shape index (κ3) is 4.33. The van der Waals surface area contributed by atoms with Crippen molar-refractivity contribution in [3.05, 3.63) is 33.0 Å². The number of alkyl halides is 3. The van der Waals surface area contributed by atoms with Gasteiger partial charge in [0.2, 0.25) is 0 Å². The molecule has 1 fully saturated rings. The Morgan fingerprint density at radius 1 is 1.23 bits per heavy atom. The molecule has 1 heterocycles. The Morgan fingerprint density at radius 3 is 2.36 bits per heavy atom. The molecule has 1 aliphatic rings. The lowest BCUT2D eigenvalue weighted by Crippen LogP contribution is -2.51. The van der Waals surface area contributed by atoms with Crippen LogP contribution in [-0.2, 0) is 0 Å². The maximum Gasteiger partial charge on any atom is 0.401 e. The smallest absolute Gasteiger partial charge is 0.336 e. The minimum atomic E-state index is -4.26. The number of benzene rings is 1. The van der Waals surface area contributed by atoms with E-state index in [1.807, 2.05) is 0 Å². The van der Waals surface area contributed by atoms with E-state index >= 15 is 0 Å². The van der Waals surface area contributed by atoms with Crippen molar-refractivity contribution >= 4 is 33.4 Å². The van der Waals surface area contributed by atoms with E-state index in [0.717, 1.165) is 6.07 Å². The van der Waals surface area contributed by atoms with Gasteiger partial charge in [0.15, 0.2) is 0 Å². The molecule has 0 atom stereocenters. The molecular weight excluding hydrogens is 392 g/mol. The van der Waals surface area contributed by atoms with Gasteiger partial charge in [0.25, 0.3) is 5.91 Å². The molecule has 22 heavy (non-hydrogen) atoms. The Morgan fingerprint density at radius 2 is 1.82 bits per heavy atom. The van der Waals surface area contributed by atoms with Gasteiger partial charge in [-0.05, 0) is 28.1 Å². The monoisotopic (exact) mass is 402 g/mol. The van der Waals surface area contributed by atoms with Crippen LogP contribution in [0, 0.1) is 5.82 Å². The highest BCUT2D eigenvalue weighted by atomic mass is 79.9. The van der Waals surface area contributed by atoms with E-state index in [2.05, 4.69) is 15.9 Å². The van der Waals surface area contributed by atoms with E-state index in [-0.39, 0.29) is 36.8 Å². The maximum absolute atomic E-state index is 13.8. The van der Waals surface area contributed by atoms with Crippen LogP contribution in [0.3, 0.4) is 0 Å². The van der Waals surface area contributed by atoms with Crippen LogP contribution in [0.1, 0.15) is 10.4 Å². The van der Waals surface area contributed by atoms with Gasteiger partial charge >= 0.3 is 6.18 Å². The highest BCUT2D eigenvalue weighted by molar-refractivity contribution is 9.10. The van der Waals surface area contributed by atoms with E-state index in [9.17, 15) is 22.4 Å². The van der Waals surface area contributed by atoms with Crippen LogP contribution in [0.4, 0.5) is 17.6 Å². The van der Waals surface area contributed by atoms with E-state index in [1.165, 1.54) is 15.9 Å². The maximum atomic E-state index is 13.8. The van der Waals surface area contributed by atoms with Crippen molar-refractivity contribution in [1.82, 2.24) is 9.80 Å². The molecule has 9 heteroatoms. The van der Waals surface area contributed by atoms with Gasteiger partial charge in [-0.25, -0.2) is 4.39 Å². The van der Waals surface area contributed by atoms with Gasteiger partial charge in [-0.1, -0.05) is 11.6 Å². The average Bonchev–Trinajstić information content (AvgIpc) is 2.41. The molecule has 1 saturated heterocycles. The first kappa shape index (κ1) is 17.5. The fraction of sp³-hybridized carbons (Fsp3) is 0.462. The molecule has 1 amide bonds. The Balaban J connectivity index is 2.03. The largest absolute Gasteiger partial charge is 0.401 e. The zero-order valence-corrected chi connectivity index (χ0v) is 13.6. The highest BCUT2D eigenvalue weighted by Crippen LogP contribution is 2.27. The molecule has 2 rings (SSSR count). The van der Waals surface area contributed by atoms with Crippen molar-refractivity contribution in [2.45, 2.75) is 6.18 Å². The van der Waals surface area contributed by atoms with Gasteiger partial charge in [0, 0.05) is 30.7 Å². The first-order valence-corrected chi connectivity index (χ1v) is 7.57. The van der Waals surface area contributed by atoms with Crippen molar-refractivity contribution in [3.63, 3.8) is 0 Å². The molecule has 0 unspecified atom stereocenters. The standard InChI is InChI=1S/C13H12BrClF4N2O/c14-9-5-8(11(16)6-10(9)15)12(22)21-3-1-20(2-4-21)7-13(17,18)19/h5-6H,1-4,7H2. The van der Waals surface area contributed by atoms with Crippen molar-refractivity contribution in [1.29, 1.82) is 0 Å². The summed E-state index contributed by atoms with van der Waals surface area (Å²) in [5.74, 6) is -1.31. The number of halogens is 6. The molecule has 0 aromatic heterocycles. The summed E-state index contributed by atoms with van der Waals surface area (Å²) in [6.45, 7) is -0.567. The van der Waals surface area contributed by atoms with Crippen molar-refractivity contribution in [2.75, 3.05) is 32.7 Å². The Labute approximate surface area is 137 Å². The summed E-state index contributed by atoms with van der Waals surface area (Å²) in [7, 11) is 0. The molecule has 0 saturated carbocycles. The minimum Gasteiger partial charge on any atom is -0.336 e. The third-order valence-corrected chi connectivity index (χ3v) is 4.50. The lowest BCUT2D eigenvalue weighted by molar-refractivity contribution is -0.148. The van der Waals surface area contributed by atoms with Crippen molar-refractivity contribution < 1.29 is 22.4 Å². The zero-order valence-electron chi connectivity index (χ0n) is 11.3. The molecular formula is C13H12BrClF4N2O. The van der Waals surface area contributed by atoms with E-state index in [1.54, 1.807) is 0 Å². The number of hydrogen-bond donors (Lipinski definition) is 0. The van der Waals surface area contributed by atoms with Crippen LogP contribution >= 0.6 is 27.5 Å². The van der Waals surface area contributed by atoms with Crippen LogP contribution in [0.2, 0.25) is 5.02 Å². The summed E-state index contributed by atoms with van der Waals surface area (Å²) >= 11 is 8.84. The summed E-state index contributed by atoms with van der Waals surface area (Å²) in [6.07, 6.45) is -4.26. The molecule has 3 nitrogen and oxygen atoms in total. The minimum absolute atomic E-state index is 0.0988. The van der Waals surface area contributed by atoms with Crippen molar-refractivity contribution in [3.8, 4) is 0 Å². The first-order chi connectivity index (χ1) is 10.2. The lowest BCUT2D eigenvalue weighted by Gasteiger charge is -2.35. The molecule has 0 N–H and O–H groups in total. The van der Waals surface area contributed by atoms with E-state index in [4.69, 9.17) is 11.6 Å². The van der Waals surface area contributed by atoms with Crippen LogP contribution < -0.4 is 0 Å². The predicted octanol–water partition coefficient (Wildman–Crippen LogP) is 3.56. The van der Waals surface area contributed by atoms with Gasteiger partial charge < -0.3 is 4.90 Å². The second-order valence-electron chi connectivity index (χ2n) is 4.93. The zero-order chi connectivity index (χ0) is 16.5. The second kappa shape index (κ2) is 6.72. The van der Waals surface area contributed by atoms with Gasteiger partial charge in [0.05, 0.1) is 17.1 Å². The predicted molar refractivity (Wildman–Crippen MR) is 77.5 cm³/mol. The molecule has 0 radical (unpaired) electrons. The molecule has 1 aliphatic heterocycles. The van der Waals surface area contributed by atoms with Gasteiger partial charge in [-0.15, -0.1) is 0 Å². The van der Waals surface area contributed by atoms with Gasteiger partial charge in [-0.3, -0.25) is 9.69 Å². The van der Waals surface area contributed by atoms with E-state index < -0.39 is 24.4 Å². The quantitative estimate of drug-likeness (QED) is 0.557. The summed E-state index contributed by atoms with van der Waals surface area (Å²) in [4.78, 5) is 14.8. The number of piperazine rings is 1. The van der Waals surface area contributed by atoms with Crippen LogP contribution in [-0.4, -0.2) is 54.6 Å². The second-order valence-corrected chi connectivity index (χ2v) is 6.19. The highest BCUT2D eigenvalue weighted by Gasteiger charge is 2.33. The van der Waals surface area contributed by atoms with Crippen LogP contribution in [0.5, 0.6) is 0 Å². The van der Waals surface area contributed by atoms with Crippen LogP contribution in [0.15, 0.2) is 16.6 Å². The number of nitrogens with zero attached hydrogens (tertiary/aromatic N) is 2. The van der Waals surface area contributed by atoms with Gasteiger partial charge in [-0.2, -0.15) is 13.2 Å². The third-order valence-electron chi connectivity index (χ3n) is 3.30. The topological polar surface area (TPSA) is 23.6 Å². The van der Waals surface area contributed by atoms with Crippen molar-refractivity contribution in [2.24, 2.45) is 0 Å². The molecule has 0 spiro atoms. The number of carbonyl (C=O) groups is 1.